The molecule has 0 radical (unpaired) electrons. The van der Waals surface area contributed by atoms with Crippen molar-refractivity contribution in [3.05, 3.63) is 95.7 Å². The van der Waals surface area contributed by atoms with Crippen LogP contribution in [0.2, 0.25) is 0 Å². The van der Waals surface area contributed by atoms with Crippen LogP contribution in [-0.4, -0.2) is 10.1 Å². The largest absolute Gasteiger partial charge is 0.506 e. The standard InChI is InChI=1S/C22H15NO2/c24-18-12-11-14(15-8-5-13-23-22(15)18)21-16-6-1-3-9-19(16)25-20-10-4-2-7-17(20)21/h1-13,21,24H. The zero-order chi connectivity index (χ0) is 16.8. The number of pyridine rings is 1. The van der Waals surface area contributed by atoms with Crippen LogP contribution in [0.5, 0.6) is 17.2 Å². The van der Waals surface area contributed by atoms with Crippen molar-refractivity contribution in [2.75, 3.05) is 0 Å². The molecule has 0 saturated carbocycles. The molecule has 0 unspecified atom stereocenters. The minimum Gasteiger partial charge on any atom is -0.506 e. The Kier molecular flexibility index (Phi) is 3.01. The molecule has 1 aromatic heterocycles. The second-order valence-electron chi connectivity index (χ2n) is 6.18. The van der Waals surface area contributed by atoms with E-state index in [0.717, 1.165) is 33.6 Å². The van der Waals surface area contributed by atoms with Gasteiger partial charge >= 0.3 is 0 Å². The lowest BCUT2D eigenvalue weighted by molar-refractivity contribution is 0.453. The first kappa shape index (κ1) is 14.1. The van der Waals surface area contributed by atoms with E-state index in [0.29, 0.717) is 5.52 Å². The first-order valence-electron chi connectivity index (χ1n) is 8.25. The zero-order valence-electron chi connectivity index (χ0n) is 13.4. The Morgan fingerprint density at radius 3 is 2.12 bits per heavy atom. The van der Waals surface area contributed by atoms with Crippen LogP contribution in [0.1, 0.15) is 22.6 Å². The van der Waals surface area contributed by atoms with Gasteiger partial charge in [-0.1, -0.05) is 48.5 Å². The van der Waals surface area contributed by atoms with Gasteiger partial charge in [0.05, 0.1) is 0 Å². The molecule has 1 aliphatic rings. The van der Waals surface area contributed by atoms with E-state index in [9.17, 15) is 5.11 Å². The van der Waals surface area contributed by atoms with Crippen LogP contribution < -0.4 is 4.74 Å². The second-order valence-corrected chi connectivity index (χ2v) is 6.18. The molecular formula is C22H15NO2. The summed E-state index contributed by atoms with van der Waals surface area (Å²) >= 11 is 0. The zero-order valence-corrected chi connectivity index (χ0v) is 13.4. The Bertz CT molecular complexity index is 1060. The molecule has 120 valence electrons. The Hall–Kier alpha value is -3.33. The number of rotatable bonds is 1. The summed E-state index contributed by atoms with van der Waals surface area (Å²) in [6.07, 6.45) is 1.71. The van der Waals surface area contributed by atoms with E-state index in [1.54, 1.807) is 12.3 Å². The van der Waals surface area contributed by atoms with Crippen molar-refractivity contribution in [2.45, 2.75) is 5.92 Å². The summed E-state index contributed by atoms with van der Waals surface area (Å²) in [6, 6.07) is 23.9. The van der Waals surface area contributed by atoms with Crippen LogP contribution in [0.4, 0.5) is 0 Å². The van der Waals surface area contributed by atoms with Crippen LogP contribution in [0.3, 0.4) is 0 Å². The normalized spacial score (nSPS) is 13.1. The van der Waals surface area contributed by atoms with Gasteiger partial charge in [-0.25, -0.2) is 0 Å². The van der Waals surface area contributed by atoms with Crippen LogP contribution >= 0.6 is 0 Å². The molecule has 3 nitrogen and oxygen atoms in total. The van der Waals surface area contributed by atoms with E-state index in [-0.39, 0.29) is 11.7 Å². The van der Waals surface area contributed by atoms with Crippen molar-refractivity contribution in [1.82, 2.24) is 4.98 Å². The molecule has 2 heterocycles. The first-order chi connectivity index (χ1) is 12.3. The molecule has 0 saturated heterocycles. The quantitative estimate of drug-likeness (QED) is 0.459. The fourth-order valence-corrected chi connectivity index (χ4v) is 3.68. The Labute approximate surface area is 145 Å². The molecule has 5 rings (SSSR count). The maximum atomic E-state index is 10.2. The number of aromatic hydroxyl groups is 1. The molecule has 1 N–H and O–H groups in total. The van der Waals surface area contributed by atoms with E-state index < -0.39 is 0 Å². The molecule has 0 aliphatic carbocycles. The number of phenols is 1. The topological polar surface area (TPSA) is 42.4 Å². The number of nitrogens with zero attached hydrogens (tertiary/aromatic N) is 1. The molecule has 0 fully saturated rings. The third-order valence-corrected chi connectivity index (χ3v) is 4.77. The number of phenolic OH excluding ortho intramolecular Hbond substituents is 1. The van der Waals surface area contributed by atoms with E-state index in [2.05, 4.69) is 17.1 Å². The average Bonchev–Trinajstić information content (AvgIpc) is 2.67. The highest BCUT2D eigenvalue weighted by Crippen LogP contribution is 2.48. The van der Waals surface area contributed by atoms with E-state index >= 15 is 0 Å². The highest BCUT2D eigenvalue weighted by atomic mass is 16.5. The molecule has 25 heavy (non-hydrogen) atoms. The first-order valence-corrected chi connectivity index (χ1v) is 8.25. The average molecular weight is 325 g/mol. The van der Waals surface area contributed by atoms with Gasteiger partial charge in [-0.3, -0.25) is 4.98 Å². The predicted octanol–water partition coefficient (Wildman–Crippen LogP) is 5.23. The fraction of sp³-hybridized carbons (Fsp3) is 0.0455. The van der Waals surface area contributed by atoms with Crippen molar-refractivity contribution < 1.29 is 9.84 Å². The molecule has 3 heteroatoms. The summed E-state index contributed by atoms with van der Waals surface area (Å²) in [5.74, 6) is 1.98. The highest BCUT2D eigenvalue weighted by molar-refractivity contribution is 5.89. The molecule has 0 bridgehead atoms. The van der Waals surface area contributed by atoms with Gasteiger partial charge in [0, 0.05) is 28.6 Å². The van der Waals surface area contributed by atoms with Gasteiger partial charge in [-0.05, 0) is 29.8 Å². The SMILES string of the molecule is Oc1ccc(C2c3ccccc3Oc3ccccc32)c2cccnc12. The van der Waals surface area contributed by atoms with Crippen molar-refractivity contribution in [2.24, 2.45) is 0 Å². The van der Waals surface area contributed by atoms with E-state index in [1.165, 1.54) is 0 Å². The summed E-state index contributed by atoms with van der Waals surface area (Å²) < 4.78 is 6.10. The van der Waals surface area contributed by atoms with Crippen molar-refractivity contribution in [3.63, 3.8) is 0 Å². The number of benzene rings is 3. The second kappa shape index (κ2) is 5.35. The smallest absolute Gasteiger partial charge is 0.141 e. The number of para-hydroxylation sites is 2. The highest BCUT2D eigenvalue weighted by Gasteiger charge is 2.29. The molecule has 3 aromatic carbocycles. The summed E-state index contributed by atoms with van der Waals surface area (Å²) in [5, 5.41) is 11.2. The lowest BCUT2D eigenvalue weighted by Crippen LogP contribution is -2.11. The van der Waals surface area contributed by atoms with Crippen LogP contribution in [0.25, 0.3) is 10.9 Å². The number of hydrogen-bond donors (Lipinski definition) is 1. The van der Waals surface area contributed by atoms with Crippen LogP contribution in [0.15, 0.2) is 79.0 Å². The number of hydrogen-bond acceptors (Lipinski definition) is 3. The van der Waals surface area contributed by atoms with E-state index in [4.69, 9.17) is 4.74 Å². The number of ether oxygens (including phenoxy) is 1. The third kappa shape index (κ3) is 2.09. The van der Waals surface area contributed by atoms with Gasteiger partial charge in [0.25, 0.3) is 0 Å². The molecule has 4 aromatic rings. The summed E-state index contributed by atoms with van der Waals surface area (Å²) in [5.41, 5.74) is 3.99. The lowest BCUT2D eigenvalue weighted by Gasteiger charge is -2.29. The maximum absolute atomic E-state index is 10.2. The summed E-state index contributed by atoms with van der Waals surface area (Å²) in [7, 11) is 0. The maximum Gasteiger partial charge on any atom is 0.141 e. The van der Waals surface area contributed by atoms with Gasteiger partial charge in [0.1, 0.15) is 22.8 Å². The lowest BCUT2D eigenvalue weighted by atomic mass is 9.81. The Balaban J connectivity index is 1.85. The van der Waals surface area contributed by atoms with Gasteiger partial charge < -0.3 is 9.84 Å². The predicted molar refractivity (Wildman–Crippen MR) is 97.3 cm³/mol. The van der Waals surface area contributed by atoms with Gasteiger partial charge in [-0.15, -0.1) is 0 Å². The third-order valence-electron chi connectivity index (χ3n) is 4.77. The van der Waals surface area contributed by atoms with Gasteiger partial charge in [0.2, 0.25) is 0 Å². The van der Waals surface area contributed by atoms with Crippen molar-refractivity contribution in [1.29, 1.82) is 0 Å². The summed E-state index contributed by atoms with van der Waals surface area (Å²) in [4.78, 5) is 4.37. The molecule has 0 spiro atoms. The number of aromatic nitrogens is 1. The van der Waals surface area contributed by atoms with Gasteiger partial charge in [-0.2, -0.15) is 0 Å². The van der Waals surface area contributed by atoms with Gasteiger partial charge in [0.15, 0.2) is 0 Å². The molecular weight excluding hydrogens is 310 g/mol. The minimum atomic E-state index is 0.0356. The minimum absolute atomic E-state index is 0.0356. The van der Waals surface area contributed by atoms with Crippen molar-refractivity contribution in [3.8, 4) is 17.2 Å². The van der Waals surface area contributed by atoms with Crippen molar-refractivity contribution >= 4 is 10.9 Å². The Morgan fingerprint density at radius 1 is 0.720 bits per heavy atom. The molecule has 0 atom stereocenters. The molecule has 1 aliphatic heterocycles. The molecule has 0 amide bonds. The summed E-state index contributed by atoms with van der Waals surface area (Å²) in [6.45, 7) is 0. The monoisotopic (exact) mass is 325 g/mol. The van der Waals surface area contributed by atoms with E-state index in [1.807, 2.05) is 54.6 Å². The van der Waals surface area contributed by atoms with Crippen LogP contribution in [-0.2, 0) is 0 Å². The fourth-order valence-electron chi connectivity index (χ4n) is 3.68. The Morgan fingerprint density at radius 2 is 1.40 bits per heavy atom. The van der Waals surface area contributed by atoms with Crippen LogP contribution in [0, 0.1) is 0 Å². The number of fused-ring (bicyclic) bond motifs is 3.